The minimum atomic E-state index is 0.207. The van der Waals surface area contributed by atoms with Crippen molar-refractivity contribution in [1.29, 1.82) is 0 Å². The molecule has 0 atom stereocenters. The average Bonchev–Trinajstić information content (AvgIpc) is 3.08. The van der Waals surface area contributed by atoms with Crippen molar-refractivity contribution in [2.75, 3.05) is 6.54 Å². The SMILES string of the molecule is CCCn1ccc(CNCCCC(=O)NC2CC2)c1. The Morgan fingerprint density at radius 3 is 3.05 bits per heavy atom. The fraction of sp³-hybridized carbons (Fsp3) is 0.667. The highest BCUT2D eigenvalue weighted by Gasteiger charge is 2.22. The molecule has 0 radical (unpaired) electrons. The summed E-state index contributed by atoms with van der Waals surface area (Å²) in [6.45, 7) is 5.06. The van der Waals surface area contributed by atoms with Crippen molar-refractivity contribution in [3.05, 3.63) is 24.0 Å². The zero-order valence-corrected chi connectivity index (χ0v) is 11.8. The number of carbonyl (C=O) groups excluding carboxylic acids is 1. The van der Waals surface area contributed by atoms with E-state index in [0.717, 1.165) is 32.5 Å². The Bertz CT molecular complexity index is 396. The molecule has 1 heterocycles. The van der Waals surface area contributed by atoms with Crippen molar-refractivity contribution in [2.45, 2.75) is 58.2 Å². The van der Waals surface area contributed by atoms with Crippen molar-refractivity contribution >= 4 is 5.91 Å². The molecule has 0 unspecified atom stereocenters. The molecule has 106 valence electrons. The molecule has 1 fully saturated rings. The molecule has 19 heavy (non-hydrogen) atoms. The van der Waals surface area contributed by atoms with E-state index in [0.29, 0.717) is 12.5 Å². The number of nitrogens with one attached hydrogen (secondary N) is 2. The van der Waals surface area contributed by atoms with Gasteiger partial charge in [-0.05, 0) is 43.9 Å². The van der Waals surface area contributed by atoms with Gasteiger partial charge in [0, 0.05) is 37.9 Å². The van der Waals surface area contributed by atoms with Gasteiger partial charge in [0.2, 0.25) is 5.91 Å². The maximum atomic E-state index is 11.5. The van der Waals surface area contributed by atoms with Gasteiger partial charge in [-0.2, -0.15) is 0 Å². The molecular formula is C15H25N3O. The van der Waals surface area contributed by atoms with Crippen LogP contribution < -0.4 is 10.6 Å². The third-order valence-electron chi connectivity index (χ3n) is 3.32. The Hall–Kier alpha value is -1.29. The van der Waals surface area contributed by atoms with Crippen LogP contribution in [0.2, 0.25) is 0 Å². The molecule has 4 heteroatoms. The van der Waals surface area contributed by atoms with Gasteiger partial charge in [0.05, 0.1) is 0 Å². The monoisotopic (exact) mass is 263 g/mol. The van der Waals surface area contributed by atoms with E-state index in [4.69, 9.17) is 0 Å². The zero-order chi connectivity index (χ0) is 13.5. The molecule has 0 aliphatic heterocycles. The Morgan fingerprint density at radius 1 is 1.47 bits per heavy atom. The third-order valence-corrected chi connectivity index (χ3v) is 3.32. The number of hydrogen-bond donors (Lipinski definition) is 2. The van der Waals surface area contributed by atoms with E-state index in [1.807, 2.05) is 0 Å². The Labute approximate surface area is 115 Å². The van der Waals surface area contributed by atoms with Gasteiger partial charge in [0.1, 0.15) is 0 Å². The number of hydrogen-bond acceptors (Lipinski definition) is 2. The van der Waals surface area contributed by atoms with Crippen molar-refractivity contribution in [3.63, 3.8) is 0 Å². The van der Waals surface area contributed by atoms with Crippen LogP contribution in [-0.4, -0.2) is 23.1 Å². The van der Waals surface area contributed by atoms with Crippen LogP contribution >= 0.6 is 0 Å². The summed E-state index contributed by atoms with van der Waals surface area (Å²) in [5.74, 6) is 0.207. The summed E-state index contributed by atoms with van der Waals surface area (Å²) >= 11 is 0. The third kappa shape index (κ3) is 5.47. The van der Waals surface area contributed by atoms with Crippen LogP contribution in [0.25, 0.3) is 0 Å². The van der Waals surface area contributed by atoms with E-state index < -0.39 is 0 Å². The van der Waals surface area contributed by atoms with Crippen molar-refractivity contribution < 1.29 is 4.79 Å². The first-order chi connectivity index (χ1) is 9.28. The van der Waals surface area contributed by atoms with Gasteiger partial charge in [-0.25, -0.2) is 0 Å². The normalized spacial score (nSPS) is 14.6. The van der Waals surface area contributed by atoms with Gasteiger partial charge < -0.3 is 15.2 Å². The molecule has 1 saturated carbocycles. The van der Waals surface area contributed by atoms with E-state index in [2.05, 4.69) is 40.6 Å². The van der Waals surface area contributed by atoms with Crippen LogP contribution in [0.5, 0.6) is 0 Å². The minimum Gasteiger partial charge on any atom is -0.354 e. The molecule has 0 saturated heterocycles. The standard InChI is InChI=1S/C15H25N3O/c1-2-9-18-10-7-13(12-18)11-16-8-3-4-15(19)17-14-5-6-14/h7,10,12,14,16H,2-6,8-9,11H2,1H3,(H,17,19). The molecule has 1 amide bonds. The highest BCUT2D eigenvalue weighted by molar-refractivity contribution is 5.76. The molecule has 4 nitrogen and oxygen atoms in total. The van der Waals surface area contributed by atoms with Crippen LogP contribution in [0.1, 0.15) is 44.6 Å². The quantitative estimate of drug-likeness (QED) is 0.670. The zero-order valence-electron chi connectivity index (χ0n) is 11.8. The summed E-state index contributed by atoms with van der Waals surface area (Å²) < 4.78 is 2.22. The smallest absolute Gasteiger partial charge is 0.220 e. The van der Waals surface area contributed by atoms with Crippen molar-refractivity contribution in [1.82, 2.24) is 15.2 Å². The Kier molecular flexibility index (Phi) is 5.45. The molecule has 2 rings (SSSR count). The lowest BCUT2D eigenvalue weighted by Crippen LogP contribution is -2.26. The molecule has 1 aliphatic rings. The molecule has 1 aliphatic carbocycles. The second-order valence-corrected chi connectivity index (χ2v) is 5.38. The van der Waals surface area contributed by atoms with Crippen LogP contribution in [0.3, 0.4) is 0 Å². The summed E-state index contributed by atoms with van der Waals surface area (Å²) in [5.41, 5.74) is 1.32. The Morgan fingerprint density at radius 2 is 2.32 bits per heavy atom. The summed E-state index contributed by atoms with van der Waals surface area (Å²) in [6.07, 6.45) is 9.36. The molecule has 0 spiro atoms. The van der Waals surface area contributed by atoms with Gasteiger partial charge >= 0.3 is 0 Å². The van der Waals surface area contributed by atoms with E-state index in [9.17, 15) is 4.79 Å². The summed E-state index contributed by atoms with van der Waals surface area (Å²) in [5, 5.41) is 6.40. The van der Waals surface area contributed by atoms with E-state index in [1.54, 1.807) is 0 Å². The number of carbonyl (C=O) groups is 1. The fourth-order valence-corrected chi connectivity index (χ4v) is 2.13. The highest BCUT2D eigenvalue weighted by atomic mass is 16.1. The van der Waals surface area contributed by atoms with Gasteiger partial charge in [-0.1, -0.05) is 6.92 Å². The van der Waals surface area contributed by atoms with Crippen molar-refractivity contribution in [2.24, 2.45) is 0 Å². The molecule has 2 N–H and O–H groups in total. The second kappa shape index (κ2) is 7.34. The van der Waals surface area contributed by atoms with Gasteiger partial charge in [0.25, 0.3) is 0 Å². The molecule has 0 aromatic carbocycles. The predicted octanol–water partition coefficient (Wildman–Crippen LogP) is 2.05. The van der Waals surface area contributed by atoms with E-state index in [-0.39, 0.29) is 5.91 Å². The fourth-order valence-electron chi connectivity index (χ4n) is 2.13. The Balaban J connectivity index is 1.51. The van der Waals surface area contributed by atoms with Crippen LogP contribution in [0, 0.1) is 0 Å². The lowest BCUT2D eigenvalue weighted by molar-refractivity contribution is -0.121. The summed E-state index contributed by atoms with van der Waals surface area (Å²) in [6, 6.07) is 2.64. The van der Waals surface area contributed by atoms with Gasteiger partial charge in [-0.3, -0.25) is 4.79 Å². The molecule has 1 aromatic heterocycles. The lowest BCUT2D eigenvalue weighted by Gasteiger charge is -2.04. The minimum absolute atomic E-state index is 0.207. The maximum absolute atomic E-state index is 11.5. The van der Waals surface area contributed by atoms with Crippen LogP contribution in [0.4, 0.5) is 0 Å². The van der Waals surface area contributed by atoms with Gasteiger partial charge in [0.15, 0.2) is 0 Å². The van der Waals surface area contributed by atoms with Crippen LogP contribution in [-0.2, 0) is 17.9 Å². The molecule has 1 aromatic rings. The van der Waals surface area contributed by atoms with Crippen molar-refractivity contribution in [3.8, 4) is 0 Å². The summed E-state index contributed by atoms with van der Waals surface area (Å²) in [4.78, 5) is 11.5. The number of nitrogens with zero attached hydrogens (tertiary/aromatic N) is 1. The average molecular weight is 263 g/mol. The van der Waals surface area contributed by atoms with E-state index >= 15 is 0 Å². The van der Waals surface area contributed by atoms with E-state index in [1.165, 1.54) is 18.4 Å². The number of aromatic nitrogens is 1. The predicted molar refractivity (Wildman–Crippen MR) is 76.8 cm³/mol. The molecular weight excluding hydrogens is 238 g/mol. The number of aryl methyl sites for hydroxylation is 1. The first kappa shape index (κ1) is 14.1. The summed E-state index contributed by atoms with van der Waals surface area (Å²) in [7, 11) is 0. The van der Waals surface area contributed by atoms with Gasteiger partial charge in [-0.15, -0.1) is 0 Å². The topological polar surface area (TPSA) is 46.1 Å². The number of amides is 1. The first-order valence-electron chi connectivity index (χ1n) is 7.42. The first-order valence-corrected chi connectivity index (χ1v) is 7.42. The largest absolute Gasteiger partial charge is 0.354 e. The molecule has 0 bridgehead atoms. The van der Waals surface area contributed by atoms with Crippen LogP contribution in [0.15, 0.2) is 18.5 Å². The highest BCUT2D eigenvalue weighted by Crippen LogP contribution is 2.18. The number of rotatable bonds is 9. The maximum Gasteiger partial charge on any atom is 0.220 e. The second-order valence-electron chi connectivity index (χ2n) is 5.38. The lowest BCUT2D eigenvalue weighted by atomic mass is 10.2.